The number of alkyl halides is 1. The third-order valence-electron chi connectivity index (χ3n) is 1.75. The van der Waals surface area contributed by atoms with Gasteiger partial charge in [-0.3, -0.25) is 0 Å². The van der Waals surface area contributed by atoms with E-state index in [0.29, 0.717) is 16.7 Å². The summed E-state index contributed by atoms with van der Waals surface area (Å²) in [7, 11) is 0. The van der Waals surface area contributed by atoms with Gasteiger partial charge in [0.05, 0.1) is 11.4 Å². The quantitative estimate of drug-likeness (QED) is 0.790. The van der Waals surface area contributed by atoms with Crippen LogP contribution in [0.1, 0.15) is 5.82 Å². The zero-order valence-electron chi connectivity index (χ0n) is 7.38. The van der Waals surface area contributed by atoms with Crippen LogP contribution >= 0.6 is 39.1 Å². The van der Waals surface area contributed by atoms with Gasteiger partial charge in [0.2, 0.25) is 0 Å². The van der Waals surface area contributed by atoms with Crippen LogP contribution in [-0.2, 0) is 5.88 Å². The second kappa shape index (κ2) is 4.51. The lowest BCUT2D eigenvalue weighted by atomic mass is 10.2. The number of halogens is 3. The molecule has 0 unspecified atom stereocenters. The van der Waals surface area contributed by atoms with Crippen molar-refractivity contribution in [2.45, 2.75) is 5.88 Å². The van der Waals surface area contributed by atoms with E-state index in [1.807, 2.05) is 0 Å². The second-order valence-corrected chi connectivity index (χ2v) is 4.33. The molecule has 1 heterocycles. The standard InChI is InChI=1S/C9H5BrCl2N2O/c10-7-3-5(12)1-2-6(7)9-13-8(4-11)14-15-9/h1-3H,4H2. The lowest BCUT2D eigenvalue weighted by Crippen LogP contribution is -1.82. The van der Waals surface area contributed by atoms with Crippen molar-refractivity contribution in [2.75, 3.05) is 0 Å². The molecule has 0 aliphatic carbocycles. The summed E-state index contributed by atoms with van der Waals surface area (Å²) < 4.78 is 5.85. The van der Waals surface area contributed by atoms with Gasteiger partial charge in [-0.1, -0.05) is 16.8 Å². The molecule has 0 N–H and O–H groups in total. The van der Waals surface area contributed by atoms with Gasteiger partial charge in [-0.15, -0.1) is 11.6 Å². The summed E-state index contributed by atoms with van der Waals surface area (Å²) in [5, 5.41) is 4.34. The monoisotopic (exact) mass is 306 g/mol. The van der Waals surface area contributed by atoms with Crippen molar-refractivity contribution in [3.05, 3.63) is 33.5 Å². The Morgan fingerprint density at radius 2 is 2.20 bits per heavy atom. The largest absolute Gasteiger partial charge is 0.334 e. The van der Waals surface area contributed by atoms with Crippen LogP contribution in [0.4, 0.5) is 0 Å². The zero-order valence-corrected chi connectivity index (χ0v) is 10.5. The van der Waals surface area contributed by atoms with Gasteiger partial charge in [-0.25, -0.2) is 0 Å². The maximum absolute atomic E-state index is 5.82. The summed E-state index contributed by atoms with van der Waals surface area (Å²) >= 11 is 14.8. The third kappa shape index (κ3) is 2.33. The van der Waals surface area contributed by atoms with E-state index in [1.165, 1.54) is 0 Å². The molecule has 78 valence electrons. The topological polar surface area (TPSA) is 38.9 Å². The van der Waals surface area contributed by atoms with Crippen LogP contribution in [-0.4, -0.2) is 10.1 Å². The molecule has 0 amide bonds. The summed E-state index contributed by atoms with van der Waals surface area (Å²) in [6.45, 7) is 0. The Hall–Kier alpha value is -0.580. The number of hydrogen-bond acceptors (Lipinski definition) is 3. The molecule has 1 aromatic carbocycles. The average Bonchev–Trinajstić information content (AvgIpc) is 2.66. The van der Waals surface area contributed by atoms with Crippen LogP contribution < -0.4 is 0 Å². The van der Waals surface area contributed by atoms with Crippen LogP contribution in [0.15, 0.2) is 27.2 Å². The van der Waals surface area contributed by atoms with E-state index in [0.717, 1.165) is 10.0 Å². The number of hydrogen-bond donors (Lipinski definition) is 0. The number of benzene rings is 1. The fourth-order valence-electron chi connectivity index (χ4n) is 1.08. The van der Waals surface area contributed by atoms with E-state index < -0.39 is 0 Å². The van der Waals surface area contributed by atoms with Crippen LogP contribution in [0.2, 0.25) is 5.02 Å². The van der Waals surface area contributed by atoms with Crippen molar-refractivity contribution in [1.29, 1.82) is 0 Å². The molecule has 0 fully saturated rings. The van der Waals surface area contributed by atoms with Gasteiger partial charge in [-0.05, 0) is 34.1 Å². The molecule has 0 spiro atoms. The second-order valence-electron chi connectivity index (χ2n) is 2.77. The molecule has 6 heteroatoms. The highest BCUT2D eigenvalue weighted by Gasteiger charge is 2.11. The Bertz CT molecular complexity index is 487. The predicted molar refractivity (Wildman–Crippen MR) is 62.0 cm³/mol. The first-order chi connectivity index (χ1) is 7.20. The first-order valence-electron chi connectivity index (χ1n) is 4.04. The Labute approximate surface area is 105 Å². The Morgan fingerprint density at radius 3 is 2.80 bits per heavy atom. The minimum atomic E-state index is 0.231. The number of nitrogens with zero attached hydrogens (tertiary/aromatic N) is 2. The first kappa shape index (κ1) is 10.9. The highest BCUT2D eigenvalue weighted by Crippen LogP contribution is 2.29. The molecule has 0 atom stereocenters. The Kier molecular flexibility index (Phi) is 3.29. The molecule has 0 saturated carbocycles. The predicted octanol–water partition coefficient (Wildman–Crippen LogP) is 3.89. The molecular formula is C9H5BrCl2N2O. The van der Waals surface area contributed by atoms with Crippen molar-refractivity contribution in [1.82, 2.24) is 10.1 Å². The molecule has 1 aromatic heterocycles. The van der Waals surface area contributed by atoms with Crippen molar-refractivity contribution in [3.63, 3.8) is 0 Å². The number of rotatable bonds is 2. The molecule has 0 bridgehead atoms. The summed E-state index contributed by atoms with van der Waals surface area (Å²) in [5.41, 5.74) is 0.795. The van der Waals surface area contributed by atoms with E-state index in [-0.39, 0.29) is 5.88 Å². The average molecular weight is 308 g/mol. The van der Waals surface area contributed by atoms with Gasteiger partial charge in [0, 0.05) is 9.50 Å². The van der Waals surface area contributed by atoms with Crippen LogP contribution in [0.25, 0.3) is 11.5 Å². The molecule has 15 heavy (non-hydrogen) atoms. The molecular weight excluding hydrogens is 303 g/mol. The van der Waals surface area contributed by atoms with Gasteiger partial charge in [-0.2, -0.15) is 4.98 Å². The van der Waals surface area contributed by atoms with E-state index in [9.17, 15) is 0 Å². The van der Waals surface area contributed by atoms with E-state index in [1.54, 1.807) is 18.2 Å². The van der Waals surface area contributed by atoms with Gasteiger partial charge in [0.15, 0.2) is 5.82 Å². The summed E-state index contributed by atoms with van der Waals surface area (Å²) in [5.74, 6) is 1.12. The lowest BCUT2D eigenvalue weighted by molar-refractivity contribution is 0.425. The highest BCUT2D eigenvalue weighted by molar-refractivity contribution is 9.10. The molecule has 0 aliphatic rings. The third-order valence-corrected chi connectivity index (χ3v) is 2.88. The van der Waals surface area contributed by atoms with Crippen LogP contribution in [0.3, 0.4) is 0 Å². The Morgan fingerprint density at radius 1 is 1.40 bits per heavy atom. The molecule has 2 aromatic rings. The van der Waals surface area contributed by atoms with Gasteiger partial charge in [0.1, 0.15) is 0 Å². The molecule has 0 saturated heterocycles. The SMILES string of the molecule is ClCc1noc(-c2ccc(Cl)cc2Br)n1. The van der Waals surface area contributed by atoms with Gasteiger partial charge >= 0.3 is 0 Å². The maximum Gasteiger partial charge on any atom is 0.259 e. The summed E-state index contributed by atoms with van der Waals surface area (Å²) in [6.07, 6.45) is 0. The van der Waals surface area contributed by atoms with Crippen molar-refractivity contribution < 1.29 is 4.52 Å². The van der Waals surface area contributed by atoms with Crippen LogP contribution in [0.5, 0.6) is 0 Å². The smallest absolute Gasteiger partial charge is 0.259 e. The minimum Gasteiger partial charge on any atom is -0.334 e. The summed E-state index contributed by atoms with van der Waals surface area (Å²) in [6, 6.07) is 5.33. The van der Waals surface area contributed by atoms with E-state index in [4.69, 9.17) is 27.7 Å². The molecule has 0 radical (unpaired) electrons. The normalized spacial score (nSPS) is 10.6. The van der Waals surface area contributed by atoms with Crippen LogP contribution in [0, 0.1) is 0 Å². The molecule has 3 nitrogen and oxygen atoms in total. The van der Waals surface area contributed by atoms with Crippen molar-refractivity contribution in [2.24, 2.45) is 0 Å². The van der Waals surface area contributed by atoms with Crippen molar-refractivity contribution in [3.8, 4) is 11.5 Å². The molecule has 0 aliphatic heterocycles. The lowest BCUT2D eigenvalue weighted by Gasteiger charge is -1.98. The molecule has 2 rings (SSSR count). The first-order valence-corrected chi connectivity index (χ1v) is 5.75. The minimum absolute atomic E-state index is 0.231. The fourth-order valence-corrected chi connectivity index (χ4v) is 2.04. The van der Waals surface area contributed by atoms with Crippen molar-refractivity contribution >= 4 is 39.1 Å². The van der Waals surface area contributed by atoms with E-state index in [2.05, 4.69) is 26.1 Å². The highest BCUT2D eigenvalue weighted by atomic mass is 79.9. The Balaban J connectivity index is 2.44. The van der Waals surface area contributed by atoms with Gasteiger partial charge in [0.25, 0.3) is 5.89 Å². The fraction of sp³-hybridized carbons (Fsp3) is 0.111. The zero-order chi connectivity index (χ0) is 10.8. The summed E-state index contributed by atoms with van der Waals surface area (Å²) in [4.78, 5) is 4.11. The number of aromatic nitrogens is 2. The van der Waals surface area contributed by atoms with E-state index >= 15 is 0 Å². The maximum atomic E-state index is 5.82. The van der Waals surface area contributed by atoms with Gasteiger partial charge < -0.3 is 4.52 Å².